The second-order valence-corrected chi connectivity index (χ2v) is 17.8. The first-order valence-corrected chi connectivity index (χ1v) is 16.1. The molecule has 2 nitrogen and oxygen atoms in total. The van der Waals surface area contributed by atoms with Gasteiger partial charge in [0.15, 0.2) is 0 Å². The van der Waals surface area contributed by atoms with Crippen molar-refractivity contribution in [2.75, 3.05) is 49.7 Å². The van der Waals surface area contributed by atoms with Crippen LogP contribution in [0.5, 0.6) is 0 Å². The van der Waals surface area contributed by atoms with E-state index in [1.165, 1.54) is 37.2 Å². The zero-order valence-electron chi connectivity index (χ0n) is 18.9. The lowest BCUT2D eigenvalue weighted by Crippen LogP contribution is -2.27. The van der Waals surface area contributed by atoms with Gasteiger partial charge < -0.3 is 9.47 Å². The summed E-state index contributed by atoms with van der Waals surface area (Å²) < 4.78 is 11.8. The second-order valence-electron chi connectivity index (χ2n) is 10.1. The van der Waals surface area contributed by atoms with Crippen LogP contribution in [0.3, 0.4) is 0 Å². The van der Waals surface area contributed by atoms with Gasteiger partial charge in [-0.3, -0.25) is 0 Å². The molecule has 0 spiro atoms. The van der Waals surface area contributed by atoms with Crippen molar-refractivity contribution < 1.29 is 9.47 Å². The van der Waals surface area contributed by atoms with Gasteiger partial charge in [-0.1, -0.05) is 0 Å². The van der Waals surface area contributed by atoms with Gasteiger partial charge in [0, 0.05) is 0 Å². The summed E-state index contributed by atoms with van der Waals surface area (Å²) in [5.74, 6) is 4.06. The third-order valence-corrected chi connectivity index (χ3v) is 12.3. The molecule has 2 aliphatic rings. The lowest BCUT2D eigenvalue weighted by molar-refractivity contribution is 0.00127. The van der Waals surface area contributed by atoms with Gasteiger partial charge in [-0.15, -0.1) is 0 Å². The van der Waals surface area contributed by atoms with Crippen LogP contribution in [0.1, 0.15) is 39.5 Å². The van der Waals surface area contributed by atoms with E-state index < -0.39 is 20.1 Å². The zero-order valence-corrected chi connectivity index (χ0v) is 20.5. The van der Waals surface area contributed by atoms with E-state index in [1.54, 1.807) is 9.79 Å². The molecule has 0 radical (unpaired) electrons. The predicted molar refractivity (Wildman–Crippen MR) is 128 cm³/mol. The summed E-state index contributed by atoms with van der Waals surface area (Å²) in [5.41, 5.74) is 0. The Kier molecular flexibility index (Phi) is 7.50. The highest BCUT2D eigenvalue weighted by Gasteiger charge is 2.27. The molecule has 4 atom stereocenters. The fourth-order valence-corrected chi connectivity index (χ4v) is 9.70. The van der Waals surface area contributed by atoms with E-state index in [0.717, 1.165) is 25.0 Å². The Bertz CT molecular complexity index is 555. The topological polar surface area (TPSA) is 18.5 Å². The average molecular weight is 427 g/mol. The summed E-state index contributed by atoms with van der Waals surface area (Å²) in [6, 6.07) is 9.74. The van der Waals surface area contributed by atoms with Crippen LogP contribution in [0.2, 0.25) is 0 Å². The van der Waals surface area contributed by atoms with Crippen LogP contribution in [0.15, 0.2) is 34.1 Å². The fraction of sp³-hybridized carbons (Fsp3) is 0.750. The summed E-state index contributed by atoms with van der Waals surface area (Å²) in [6.45, 7) is 6.32. The Morgan fingerprint density at radius 1 is 0.679 bits per heavy atom. The van der Waals surface area contributed by atoms with Crippen LogP contribution in [-0.2, 0) is 9.47 Å². The molecule has 0 bridgehead atoms. The van der Waals surface area contributed by atoms with E-state index in [2.05, 4.69) is 63.1 Å². The maximum Gasteiger partial charge on any atom is 0.0547 e. The van der Waals surface area contributed by atoms with E-state index in [0.29, 0.717) is 12.2 Å². The first-order valence-electron chi connectivity index (χ1n) is 10.9. The molecule has 0 aliphatic carbocycles. The number of benzene rings is 1. The first kappa shape index (κ1) is 22.5. The van der Waals surface area contributed by atoms with E-state index in [-0.39, 0.29) is 0 Å². The van der Waals surface area contributed by atoms with Crippen molar-refractivity contribution in [2.45, 2.75) is 61.5 Å². The minimum absolute atomic E-state index is 0.455. The van der Waals surface area contributed by atoms with Crippen LogP contribution in [-0.4, -0.2) is 62.0 Å². The van der Waals surface area contributed by atoms with Crippen molar-refractivity contribution in [3.8, 4) is 0 Å². The molecule has 2 fully saturated rings. The summed E-state index contributed by atoms with van der Waals surface area (Å²) in [6.07, 6.45) is 16.0. The molecule has 0 saturated carbocycles. The summed E-state index contributed by atoms with van der Waals surface area (Å²) in [5, 5.41) is 0. The molecule has 1 aromatic rings. The van der Waals surface area contributed by atoms with Gasteiger partial charge in [0.2, 0.25) is 0 Å². The molecule has 3 rings (SSSR count). The maximum absolute atomic E-state index is 5.92. The Hall–Kier alpha value is -0.160. The molecule has 2 heterocycles. The molecule has 4 heteroatoms. The molecule has 0 aromatic heterocycles. The summed E-state index contributed by atoms with van der Waals surface area (Å²) in [4.78, 5) is 3.11. The average Bonchev–Trinajstić information content (AvgIpc) is 2.65. The van der Waals surface area contributed by atoms with Crippen molar-refractivity contribution in [3.63, 3.8) is 0 Å². The minimum atomic E-state index is -0.764. The van der Waals surface area contributed by atoms with Crippen LogP contribution >= 0.6 is 20.1 Å². The van der Waals surface area contributed by atoms with Gasteiger partial charge >= 0.3 is 0 Å². The largest absolute Gasteiger partial charge is 0.378 e. The van der Waals surface area contributed by atoms with Gasteiger partial charge in [0.25, 0.3) is 0 Å². The number of hydrogen-bond acceptors (Lipinski definition) is 2. The molecule has 4 unspecified atom stereocenters. The SMILES string of the molecule is CC1CCC(CS(C)(C)c2ccc(S(C)(C)CC3CCC(C)OC3)cc2)CO1. The molecule has 162 valence electrons. The smallest absolute Gasteiger partial charge is 0.0547 e. The zero-order chi connectivity index (χ0) is 20.4. The molecule has 28 heavy (non-hydrogen) atoms. The van der Waals surface area contributed by atoms with Gasteiger partial charge in [-0.2, -0.15) is 0 Å². The second kappa shape index (κ2) is 9.32. The van der Waals surface area contributed by atoms with Gasteiger partial charge in [-0.05, 0) is 122 Å². The van der Waals surface area contributed by atoms with Crippen LogP contribution in [0.4, 0.5) is 0 Å². The lowest BCUT2D eigenvalue weighted by Gasteiger charge is -2.40. The molecule has 0 amide bonds. The van der Waals surface area contributed by atoms with E-state index in [4.69, 9.17) is 9.47 Å². The molecule has 2 aliphatic heterocycles. The highest BCUT2D eigenvalue weighted by atomic mass is 32.3. The molecular formula is C24H42O2S2. The highest BCUT2D eigenvalue weighted by molar-refractivity contribution is 8.33. The van der Waals surface area contributed by atoms with Crippen LogP contribution in [0.25, 0.3) is 0 Å². The predicted octanol–water partition coefficient (Wildman–Crippen LogP) is 6.16. The Balaban J connectivity index is 1.61. The number of rotatable bonds is 6. The number of hydrogen-bond donors (Lipinski definition) is 0. The van der Waals surface area contributed by atoms with Gasteiger partial charge in [-0.25, -0.2) is 20.1 Å². The molecular weight excluding hydrogens is 384 g/mol. The van der Waals surface area contributed by atoms with E-state index in [9.17, 15) is 0 Å². The summed E-state index contributed by atoms with van der Waals surface area (Å²) >= 11 is 0. The first-order chi connectivity index (χ1) is 13.2. The van der Waals surface area contributed by atoms with Crippen LogP contribution in [0, 0.1) is 11.8 Å². The van der Waals surface area contributed by atoms with E-state index in [1.807, 2.05) is 0 Å². The van der Waals surface area contributed by atoms with Crippen molar-refractivity contribution in [1.29, 1.82) is 0 Å². The molecule has 0 N–H and O–H groups in total. The maximum atomic E-state index is 5.92. The fourth-order valence-electron chi connectivity index (χ4n) is 4.69. The number of ether oxygens (including phenoxy) is 2. The standard InChI is InChI=1S/C24H42O2S2/c1-19-7-9-21(15-25-19)17-27(3,4)23-11-13-24(14-12-23)28(5,6)18-22-10-8-20(2)26-16-22/h11-14,19-22H,7-10,15-18H2,1-6H3. The van der Waals surface area contributed by atoms with Gasteiger partial charge in [0.1, 0.15) is 0 Å². The van der Waals surface area contributed by atoms with Gasteiger partial charge in [0.05, 0.1) is 25.4 Å². The molecule has 2 saturated heterocycles. The Labute approximate surface area is 176 Å². The van der Waals surface area contributed by atoms with Crippen LogP contribution < -0.4 is 0 Å². The quantitative estimate of drug-likeness (QED) is 0.542. The Morgan fingerprint density at radius 2 is 1.04 bits per heavy atom. The van der Waals surface area contributed by atoms with Crippen molar-refractivity contribution >= 4 is 20.1 Å². The monoisotopic (exact) mass is 426 g/mol. The highest BCUT2D eigenvalue weighted by Crippen LogP contribution is 2.55. The lowest BCUT2D eigenvalue weighted by atomic mass is 10.0. The van der Waals surface area contributed by atoms with Crippen molar-refractivity contribution in [2.24, 2.45) is 11.8 Å². The summed E-state index contributed by atoms with van der Waals surface area (Å²) in [7, 11) is -1.53. The third-order valence-electron chi connectivity index (χ3n) is 6.60. The molecule has 1 aromatic carbocycles. The van der Waals surface area contributed by atoms with E-state index >= 15 is 0 Å². The third kappa shape index (κ3) is 5.93. The minimum Gasteiger partial charge on any atom is -0.378 e. The van der Waals surface area contributed by atoms with Crippen molar-refractivity contribution in [3.05, 3.63) is 24.3 Å². The normalized spacial score (nSPS) is 30.8. The Morgan fingerprint density at radius 3 is 1.32 bits per heavy atom. The van der Waals surface area contributed by atoms with Crippen molar-refractivity contribution in [1.82, 2.24) is 0 Å².